The molecule has 1 N–H and O–H groups in total. The van der Waals surface area contributed by atoms with E-state index in [1.165, 1.54) is 19.3 Å². The molecule has 1 aromatic rings. The zero-order valence-corrected chi connectivity index (χ0v) is 12.1. The molecule has 0 aromatic heterocycles. The van der Waals surface area contributed by atoms with Gasteiger partial charge in [-0.25, -0.2) is 4.39 Å². The first-order chi connectivity index (χ1) is 8.62. The van der Waals surface area contributed by atoms with E-state index >= 15 is 0 Å². The minimum absolute atomic E-state index is 0.129. The molecule has 1 rings (SSSR count). The molecule has 0 radical (unpaired) electrons. The summed E-state index contributed by atoms with van der Waals surface area (Å²) in [6.07, 6.45) is 4.79. The number of hydrogen-bond donors (Lipinski definition) is 1. The average molecular weight is 251 g/mol. The summed E-state index contributed by atoms with van der Waals surface area (Å²) in [5.41, 5.74) is 2.08. The van der Waals surface area contributed by atoms with Crippen molar-refractivity contribution in [3.05, 3.63) is 35.1 Å². The van der Waals surface area contributed by atoms with Crippen LogP contribution in [0.25, 0.3) is 0 Å². The number of benzene rings is 1. The topological polar surface area (TPSA) is 12.0 Å². The summed E-state index contributed by atoms with van der Waals surface area (Å²) in [5.74, 6) is 0.451. The minimum Gasteiger partial charge on any atom is -0.313 e. The second-order valence-corrected chi connectivity index (χ2v) is 5.14. The molecule has 0 spiro atoms. The van der Waals surface area contributed by atoms with Gasteiger partial charge in [0.05, 0.1) is 0 Å². The van der Waals surface area contributed by atoms with E-state index in [1.807, 2.05) is 14.0 Å². The van der Waals surface area contributed by atoms with Gasteiger partial charge in [0.1, 0.15) is 5.82 Å². The Morgan fingerprint density at radius 1 is 1.22 bits per heavy atom. The largest absolute Gasteiger partial charge is 0.313 e. The number of rotatable bonds is 7. The van der Waals surface area contributed by atoms with Gasteiger partial charge in [-0.1, -0.05) is 39.2 Å². The molecule has 0 saturated heterocycles. The van der Waals surface area contributed by atoms with Crippen LogP contribution in [0.3, 0.4) is 0 Å². The maximum absolute atomic E-state index is 13.5. The predicted octanol–water partition coefficient (Wildman–Crippen LogP) is 4.61. The van der Waals surface area contributed by atoms with Crippen LogP contribution in [0.4, 0.5) is 4.39 Å². The number of unbranched alkanes of at least 4 members (excludes halogenated alkanes) is 1. The first-order valence-corrected chi connectivity index (χ1v) is 7.06. The second kappa shape index (κ2) is 7.52. The monoisotopic (exact) mass is 251 g/mol. The third-order valence-corrected chi connectivity index (χ3v) is 3.66. The van der Waals surface area contributed by atoms with Crippen LogP contribution < -0.4 is 5.32 Å². The van der Waals surface area contributed by atoms with Gasteiger partial charge < -0.3 is 5.32 Å². The van der Waals surface area contributed by atoms with Gasteiger partial charge in [0.25, 0.3) is 0 Å². The summed E-state index contributed by atoms with van der Waals surface area (Å²) in [4.78, 5) is 0. The molecule has 1 aromatic carbocycles. The molecule has 2 unspecified atom stereocenters. The Balaban J connectivity index is 2.91. The lowest BCUT2D eigenvalue weighted by Crippen LogP contribution is -2.25. The number of aryl methyl sites for hydroxylation is 1. The summed E-state index contributed by atoms with van der Waals surface area (Å²) >= 11 is 0. The molecule has 0 aliphatic rings. The van der Waals surface area contributed by atoms with Crippen molar-refractivity contribution >= 4 is 0 Å². The number of halogens is 1. The Hall–Kier alpha value is -0.890. The Kier molecular flexibility index (Phi) is 6.34. The van der Waals surface area contributed by atoms with Crippen molar-refractivity contribution in [2.24, 2.45) is 5.92 Å². The molecule has 0 aliphatic heterocycles. The van der Waals surface area contributed by atoms with Crippen LogP contribution in [0.15, 0.2) is 18.2 Å². The lowest BCUT2D eigenvalue weighted by molar-refractivity contribution is 0.338. The Bertz CT molecular complexity index is 342. The van der Waals surface area contributed by atoms with Crippen LogP contribution in [0, 0.1) is 18.7 Å². The first-order valence-electron chi connectivity index (χ1n) is 7.06. The average Bonchev–Trinajstić information content (AvgIpc) is 2.33. The van der Waals surface area contributed by atoms with E-state index in [0.717, 1.165) is 17.5 Å². The highest BCUT2D eigenvalue weighted by Crippen LogP contribution is 2.29. The van der Waals surface area contributed by atoms with Crippen LogP contribution in [0.1, 0.15) is 56.7 Å². The quantitative estimate of drug-likeness (QED) is 0.746. The van der Waals surface area contributed by atoms with Crippen molar-refractivity contribution in [2.45, 2.75) is 52.5 Å². The normalized spacial score (nSPS) is 14.5. The Morgan fingerprint density at radius 2 is 1.94 bits per heavy atom. The van der Waals surface area contributed by atoms with E-state index in [9.17, 15) is 4.39 Å². The van der Waals surface area contributed by atoms with E-state index in [1.54, 1.807) is 12.1 Å². The standard InChI is InChI=1S/C16H26FN/c1-5-7-8-13(6-2)16(18-4)14-9-12(3)10-15(17)11-14/h9-11,13,16,18H,5-8H2,1-4H3. The van der Waals surface area contributed by atoms with Crippen LogP contribution in [-0.2, 0) is 0 Å². The molecule has 0 fully saturated rings. The third-order valence-electron chi connectivity index (χ3n) is 3.66. The van der Waals surface area contributed by atoms with Crippen LogP contribution >= 0.6 is 0 Å². The van der Waals surface area contributed by atoms with Crippen molar-refractivity contribution < 1.29 is 4.39 Å². The molecule has 2 atom stereocenters. The molecule has 1 nitrogen and oxygen atoms in total. The fourth-order valence-corrected chi connectivity index (χ4v) is 2.69. The van der Waals surface area contributed by atoms with Gasteiger partial charge in [-0.05, 0) is 49.6 Å². The van der Waals surface area contributed by atoms with Crippen molar-refractivity contribution in [2.75, 3.05) is 7.05 Å². The summed E-state index contributed by atoms with van der Waals surface area (Å²) in [5, 5.41) is 3.37. The van der Waals surface area contributed by atoms with Crippen molar-refractivity contribution in [3.63, 3.8) is 0 Å². The molecule has 0 aliphatic carbocycles. The summed E-state index contributed by atoms with van der Waals surface area (Å²) < 4.78 is 13.5. The molecule has 2 heteroatoms. The molecule has 18 heavy (non-hydrogen) atoms. The van der Waals surface area contributed by atoms with Gasteiger partial charge >= 0.3 is 0 Å². The van der Waals surface area contributed by atoms with E-state index < -0.39 is 0 Å². The number of nitrogens with one attached hydrogen (secondary N) is 1. The summed E-state index contributed by atoms with van der Waals surface area (Å²) in [6, 6.07) is 5.61. The molecule has 102 valence electrons. The minimum atomic E-state index is -0.129. The van der Waals surface area contributed by atoms with Gasteiger partial charge in [-0.15, -0.1) is 0 Å². The van der Waals surface area contributed by atoms with Crippen molar-refractivity contribution in [3.8, 4) is 0 Å². The van der Waals surface area contributed by atoms with Gasteiger partial charge in [-0.2, -0.15) is 0 Å². The van der Waals surface area contributed by atoms with E-state index in [4.69, 9.17) is 0 Å². The molecule has 0 saturated carbocycles. The van der Waals surface area contributed by atoms with E-state index in [-0.39, 0.29) is 11.9 Å². The van der Waals surface area contributed by atoms with Crippen molar-refractivity contribution in [1.82, 2.24) is 5.32 Å². The summed E-state index contributed by atoms with van der Waals surface area (Å²) in [7, 11) is 1.97. The lowest BCUT2D eigenvalue weighted by Gasteiger charge is -2.26. The van der Waals surface area contributed by atoms with Crippen LogP contribution in [0.5, 0.6) is 0 Å². The van der Waals surface area contributed by atoms with E-state index in [2.05, 4.69) is 25.2 Å². The predicted molar refractivity (Wildman–Crippen MR) is 76.2 cm³/mol. The highest BCUT2D eigenvalue weighted by molar-refractivity contribution is 5.26. The van der Waals surface area contributed by atoms with Gasteiger partial charge in [0, 0.05) is 6.04 Å². The van der Waals surface area contributed by atoms with Crippen LogP contribution in [-0.4, -0.2) is 7.05 Å². The smallest absolute Gasteiger partial charge is 0.123 e. The maximum atomic E-state index is 13.5. The van der Waals surface area contributed by atoms with Gasteiger partial charge in [-0.3, -0.25) is 0 Å². The molecular weight excluding hydrogens is 225 g/mol. The third kappa shape index (κ3) is 4.09. The molecule has 0 amide bonds. The highest BCUT2D eigenvalue weighted by Gasteiger charge is 2.20. The zero-order chi connectivity index (χ0) is 13.5. The summed E-state index contributed by atoms with van der Waals surface area (Å²) in [6.45, 7) is 6.39. The Labute approximate surface area is 111 Å². The zero-order valence-electron chi connectivity index (χ0n) is 12.1. The molecule has 0 bridgehead atoms. The van der Waals surface area contributed by atoms with Crippen LogP contribution in [0.2, 0.25) is 0 Å². The number of hydrogen-bond acceptors (Lipinski definition) is 1. The lowest BCUT2D eigenvalue weighted by atomic mass is 9.86. The van der Waals surface area contributed by atoms with Crippen molar-refractivity contribution in [1.29, 1.82) is 0 Å². The first kappa shape index (κ1) is 15.2. The maximum Gasteiger partial charge on any atom is 0.123 e. The fourth-order valence-electron chi connectivity index (χ4n) is 2.69. The fraction of sp³-hybridized carbons (Fsp3) is 0.625. The Morgan fingerprint density at radius 3 is 2.44 bits per heavy atom. The SMILES string of the molecule is CCCCC(CC)C(NC)c1cc(C)cc(F)c1. The second-order valence-electron chi connectivity index (χ2n) is 5.14. The highest BCUT2D eigenvalue weighted by atomic mass is 19.1. The molecular formula is C16H26FN. The van der Waals surface area contributed by atoms with Gasteiger partial charge in [0.2, 0.25) is 0 Å². The molecule has 0 heterocycles. The van der Waals surface area contributed by atoms with E-state index in [0.29, 0.717) is 5.92 Å². The van der Waals surface area contributed by atoms with Gasteiger partial charge in [0.15, 0.2) is 0 Å².